The van der Waals surface area contributed by atoms with Crippen molar-refractivity contribution in [2.75, 3.05) is 26.3 Å². The van der Waals surface area contributed by atoms with Crippen molar-refractivity contribution in [2.45, 2.75) is 57.8 Å². The van der Waals surface area contributed by atoms with Crippen LogP contribution in [-0.2, 0) is 9.47 Å². The van der Waals surface area contributed by atoms with Gasteiger partial charge in [0.25, 0.3) is 0 Å². The highest BCUT2D eigenvalue weighted by atomic mass is 16.7. The molecule has 18 heavy (non-hydrogen) atoms. The maximum absolute atomic E-state index is 5.81. The van der Waals surface area contributed by atoms with Crippen LogP contribution < -0.4 is 0 Å². The number of ether oxygens (including phenoxy) is 2. The molecule has 3 fully saturated rings. The van der Waals surface area contributed by atoms with Crippen LogP contribution in [-0.4, -0.2) is 43.0 Å². The second-order valence-corrected chi connectivity index (χ2v) is 6.71. The normalized spacial score (nSPS) is 41.3. The standard InChI is InChI=1S/C15H27NO2/c1-12-9-13(2)11-14(10-12)16-5-3-15(4-6-16)17-7-8-18-15/h12-14H,3-11H2,1-2H3. The zero-order chi connectivity index (χ0) is 12.6. The van der Waals surface area contributed by atoms with Gasteiger partial charge >= 0.3 is 0 Å². The molecule has 2 saturated heterocycles. The number of rotatable bonds is 1. The van der Waals surface area contributed by atoms with E-state index in [1.165, 1.54) is 19.3 Å². The molecule has 3 rings (SSSR count). The smallest absolute Gasteiger partial charge is 0.170 e. The van der Waals surface area contributed by atoms with Gasteiger partial charge in [-0.15, -0.1) is 0 Å². The predicted octanol–water partition coefficient (Wildman–Crippen LogP) is 2.65. The van der Waals surface area contributed by atoms with E-state index >= 15 is 0 Å². The second-order valence-electron chi connectivity index (χ2n) is 6.71. The molecule has 104 valence electrons. The molecule has 0 N–H and O–H groups in total. The molecular weight excluding hydrogens is 226 g/mol. The van der Waals surface area contributed by atoms with Gasteiger partial charge in [-0.3, -0.25) is 4.90 Å². The first kappa shape index (κ1) is 12.9. The van der Waals surface area contributed by atoms with Gasteiger partial charge in [-0.25, -0.2) is 0 Å². The van der Waals surface area contributed by atoms with Gasteiger partial charge in [0.15, 0.2) is 5.79 Å². The molecule has 3 aliphatic rings. The second kappa shape index (κ2) is 5.10. The van der Waals surface area contributed by atoms with Gasteiger partial charge in [-0.2, -0.15) is 0 Å². The van der Waals surface area contributed by atoms with Gasteiger partial charge in [-0.1, -0.05) is 13.8 Å². The van der Waals surface area contributed by atoms with Gasteiger partial charge < -0.3 is 9.47 Å². The largest absolute Gasteiger partial charge is 0.347 e. The van der Waals surface area contributed by atoms with Gasteiger partial charge in [0.1, 0.15) is 0 Å². The Labute approximate surface area is 111 Å². The van der Waals surface area contributed by atoms with E-state index in [0.29, 0.717) is 0 Å². The monoisotopic (exact) mass is 253 g/mol. The first-order valence-corrected chi connectivity index (χ1v) is 7.69. The van der Waals surface area contributed by atoms with Crippen LogP contribution in [0.4, 0.5) is 0 Å². The molecule has 0 radical (unpaired) electrons. The molecule has 1 aliphatic carbocycles. The summed E-state index contributed by atoms with van der Waals surface area (Å²) in [7, 11) is 0. The van der Waals surface area contributed by atoms with Crippen LogP contribution in [0.5, 0.6) is 0 Å². The lowest BCUT2D eigenvalue weighted by Crippen LogP contribution is -2.50. The van der Waals surface area contributed by atoms with Crippen molar-refractivity contribution in [3.05, 3.63) is 0 Å². The Bertz CT molecular complexity index is 268. The summed E-state index contributed by atoms with van der Waals surface area (Å²) in [6.45, 7) is 8.72. The highest BCUT2D eigenvalue weighted by molar-refractivity contribution is 4.88. The summed E-state index contributed by atoms with van der Waals surface area (Å²) in [5.41, 5.74) is 0. The molecule has 0 aromatic heterocycles. The lowest BCUT2D eigenvalue weighted by Gasteiger charge is -2.44. The number of nitrogens with zero attached hydrogens (tertiary/aromatic N) is 1. The Morgan fingerprint density at radius 2 is 1.44 bits per heavy atom. The molecule has 0 bridgehead atoms. The molecule has 2 atom stereocenters. The molecule has 1 saturated carbocycles. The molecular formula is C15H27NO2. The Morgan fingerprint density at radius 1 is 0.889 bits per heavy atom. The maximum Gasteiger partial charge on any atom is 0.170 e. The third kappa shape index (κ3) is 2.59. The summed E-state index contributed by atoms with van der Waals surface area (Å²) in [5, 5.41) is 0. The first-order valence-electron chi connectivity index (χ1n) is 7.69. The van der Waals surface area contributed by atoms with E-state index in [1.54, 1.807) is 0 Å². The number of likely N-dealkylation sites (tertiary alicyclic amines) is 1. The van der Waals surface area contributed by atoms with Crippen molar-refractivity contribution in [1.82, 2.24) is 4.90 Å². The third-order valence-electron chi connectivity index (χ3n) is 5.04. The zero-order valence-electron chi connectivity index (χ0n) is 11.9. The fourth-order valence-electron chi connectivity index (χ4n) is 4.22. The van der Waals surface area contributed by atoms with Gasteiger partial charge in [0.05, 0.1) is 13.2 Å². The minimum Gasteiger partial charge on any atom is -0.347 e. The summed E-state index contributed by atoms with van der Waals surface area (Å²) in [4.78, 5) is 2.70. The summed E-state index contributed by atoms with van der Waals surface area (Å²) >= 11 is 0. The topological polar surface area (TPSA) is 21.7 Å². The molecule has 2 heterocycles. The van der Waals surface area contributed by atoms with Crippen LogP contribution in [0, 0.1) is 11.8 Å². The van der Waals surface area contributed by atoms with Crippen molar-refractivity contribution >= 4 is 0 Å². The van der Waals surface area contributed by atoms with Crippen molar-refractivity contribution < 1.29 is 9.47 Å². The van der Waals surface area contributed by atoms with E-state index in [-0.39, 0.29) is 5.79 Å². The van der Waals surface area contributed by atoms with E-state index in [0.717, 1.165) is 57.0 Å². The molecule has 3 nitrogen and oxygen atoms in total. The summed E-state index contributed by atoms with van der Waals surface area (Å²) in [6, 6.07) is 0.808. The SMILES string of the molecule is CC1CC(C)CC(N2CCC3(CC2)OCCO3)C1. The Balaban J connectivity index is 1.55. The predicted molar refractivity (Wildman–Crippen MR) is 71.4 cm³/mol. The van der Waals surface area contributed by atoms with E-state index < -0.39 is 0 Å². The third-order valence-corrected chi connectivity index (χ3v) is 5.04. The average molecular weight is 253 g/mol. The lowest BCUT2D eigenvalue weighted by atomic mass is 9.79. The molecule has 3 heteroatoms. The van der Waals surface area contributed by atoms with Crippen LogP contribution in [0.25, 0.3) is 0 Å². The van der Waals surface area contributed by atoms with Crippen molar-refractivity contribution in [1.29, 1.82) is 0 Å². The molecule has 2 aliphatic heterocycles. The zero-order valence-corrected chi connectivity index (χ0v) is 11.9. The number of hydrogen-bond donors (Lipinski definition) is 0. The quantitative estimate of drug-likeness (QED) is 0.717. The van der Waals surface area contributed by atoms with E-state index in [2.05, 4.69) is 18.7 Å². The molecule has 0 aromatic carbocycles. The Morgan fingerprint density at radius 3 is 2.00 bits per heavy atom. The first-order chi connectivity index (χ1) is 8.67. The van der Waals surface area contributed by atoms with Crippen molar-refractivity contribution in [3.8, 4) is 0 Å². The highest BCUT2D eigenvalue weighted by Gasteiger charge is 2.41. The average Bonchev–Trinajstić information content (AvgIpc) is 2.77. The fourth-order valence-corrected chi connectivity index (χ4v) is 4.22. The van der Waals surface area contributed by atoms with Gasteiger partial charge in [0.2, 0.25) is 0 Å². The maximum atomic E-state index is 5.81. The highest BCUT2D eigenvalue weighted by Crippen LogP contribution is 2.36. The van der Waals surface area contributed by atoms with Crippen LogP contribution >= 0.6 is 0 Å². The van der Waals surface area contributed by atoms with Crippen molar-refractivity contribution in [2.24, 2.45) is 11.8 Å². The van der Waals surface area contributed by atoms with Crippen molar-refractivity contribution in [3.63, 3.8) is 0 Å². The molecule has 2 unspecified atom stereocenters. The minimum atomic E-state index is -0.206. The number of hydrogen-bond acceptors (Lipinski definition) is 3. The summed E-state index contributed by atoms with van der Waals surface area (Å²) < 4.78 is 11.6. The fraction of sp³-hybridized carbons (Fsp3) is 1.00. The Kier molecular flexibility index (Phi) is 3.65. The number of piperidine rings is 1. The Hall–Kier alpha value is -0.120. The molecule has 0 amide bonds. The summed E-state index contributed by atoms with van der Waals surface area (Å²) in [6.07, 6.45) is 6.32. The van der Waals surface area contributed by atoms with Gasteiger partial charge in [-0.05, 0) is 31.1 Å². The lowest BCUT2D eigenvalue weighted by molar-refractivity contribution is -0.189. The minimum absolute atomic E-state index is 0.206. The van der Waals surface area contributed by atoms with E-state index in [9.17, 15) is 0 Å². The van der Waals surface area contributed by atoms with E-state index in [4.69, 9.17) is 9.47 Å². The van der Waals surface area contributed by atoms with Crippen LogP contribution in [0.1, 0.15) is 46.0 Å². The van der Waals surface area contributed by atoms with Gasteiger partial charge in [0, 0.05) is 32.0 Å². The van der Waals surface area contributed by atoms with Crippen LogP contribution in [0.2, 0.25) is 0 Å². The molecule has 0 aromatic rings. The van der Waals surface area contributed by atoms with Crippen LogP contribution in [0.15, 0.2) is 0 Å². The molecule has 1 spiro atoms. The van der Waals surface area contributed by atoms with Crippen LogP contribution in [0.3, 0.4) is 0 Å². The summed E-state index contributed by atoms with van der Waals surface area (Å²) in [5.74, 6) is 1.59. The van der Waals surface area contributed by atoms with E-state index in [1.807, 2.05) is 0 Å².